The molecule has 0 heterocycles. The minimum absolute atomic E-state index is 0. The van der Waals surface area contributed by atoms with Gasteiger partial charge in [-0.2, -0.15) is 23.3 Å². The second-order valence-electron chi connectivity index (χ2n) is 8.02. The molecule has 184 valence electrons. The van der Waals surface area contributed by atoms with Crippen LogP contribution in [0, 0.1) is 52.7 Å². The van der Waals surface area contributed by atoms with Crippen LogP contribution in [0.25, 0.3) is 11.1 Å². The summed E-state index contributed by atoms with van der Waals surface area (Å²) in [7, 11) is 0. The Morgan fingerprint density at radius 2 is 0.971 bits per heavy atom. The van der Waals surface area contributed by atoms with E-state index in [9.17, 15) is 0 Å². The first-order valence-corrected chi connectivity index (χ1v) is 17.8. The molecule has 4 heteroatoms. The van der Waals surface area contributed by atoms with Gasteiger partial charge in [-0.15, -0.1) is 35.9 Å². The van der Waals surface area contributed by atoms with Crippen molar-refractivity contribution in [1.82, 2.24) is 0 Å². The normalized spacial score (nSPS) is 17.1. The zero-order valence-corrected chi connectivity index (χ0v) is 27.9. The van der Waals surface area contributed by atoms with Crippen LogP contribution in [0.15, 0.2) is 71.8 Å². The summed E-state index contributed by atoms with van der Waals surface area (Å²) in [6, 6.07) is 17.3. The number of benzene rings is 2. The molecule has 2 unspecified atom stereocenters. The van der Waals surface area contributed by atoms with Gasteiger partial charge < -0.3 is 14.9 Å². The van der Waals surface area contributed by atoms with Gasteiger partial charge in [0.25, 0.3) is 0 Å². The van der Waals surface area contributed by atoms with E-state index in [2.05, 4.69) is 127 Å². The molecule has 0 spiro atoms. The summed E-state index contributed by atoms with van der Waals surface area (Å²) >= 11 is 3.64. The molecule has 0 saturated heterocycles. The van der Waals surface area contributed by atoms with E-state index in [1.54, 1.807) is 21.6 Å². The van der Waals surface area contributed by atoms with Crippen LogP contribution in [0.3, 0.4) is 0 Å². The molecule has 2 aromatic rings. The molecule has 0 aliphatic heterocycles. The van der Waals surface area contributed by atoms with E-state index in [1.807, 2.05) is 0 Å². The molecule has 0 aromatic heterocycles. The SMILES string of the molecule is CC1=[C-]C(C)C=C1c1cccc(C)c1.CC1=[C-]C(C)C=C1c1cccc(C)c1.Cl.Cl.[CH3-].[CH3-].[Ge]=[Zr]. The van der Waals surface area contributed by atoms with E-state index in [4.69, 9.17) is 0 Å². The Morgan fingerprint density at radius 1 is 0.647 bits per heavy atom. The maximum absolute atomic E-state index is 3.41. The molecular weight excluding hydrogens is 595 g/mol. The average Bonchev–Trinajstić information content (AvgIpc) is 3.24. The Labute approximate surface area is 242 Å². The fourth-order valence-electron chi connectivity index (χ4n) is 3.92. The van der Waals surface area contributed by atoms with Gasteiger partial charge in [0.15, 0.2) is 0 Å². The van der Waals surface area contributed by atoms with Crippen molar-refractivity contribution in [2.45, 2.75) is 41.5 Å². The molecule has 0 fully saturated rings. The van der Waals surface area contributed by atoms with Gasteiger partial charge in [-0.25, -0.2) is 11.1 Å². The second-order valence-corrected chi connectivity index (χ2v) is 8.02. The molecule has 4 rings (SSSR count). The van der Waals surface area contributed by atoms with Crippen molar-refractivity contribution in [1.29, 1.82) is 0 Å². The Balaban J connectivity index is -0.000000475. The molecule has 0 N–H and O–H groups in total. The Morgan fingerprint density at radius 3 is 1.21 bits per heavy atom. The summed E-state index contributed by atoms with van der Waals surface area (Å²) in [5.74, 6) is 0.927. The monoisotopic (exact) mass is 632 g/mol. The quantitative estimate of drug-likeness (QED) is 0.229. The summed E-state index contributed by atoms with van der Waals surface area (Å²) in [5, 5.41) is 0. The molecule has 2 atom stereocenters. The fraction of sp³-hybridized carbons (Fsp3) is 0.267. The van der Waals surface area contributed by atoms with Gasteiger partial charge in [-0.05, 0) is 13.8 Å². The van der Waals surface area contributed by atoms with Crippen LogP contribution in [-0.4, -0.2) is 12.1 Å². The first-order chi connectivity index (χ1) is 14.3. The van der Waals surface area contributed by atoms with E-state index < -0.39 is 0 Å². The fourth-order valence-corrected chi connectivity index (χ4v) is 3.92. The van der Waals surface area contributed by atoms with Crippen LogP contribution in [0.1, 0.15) is 49.9 Å². The van der Waals surface area contributed by atoms with Crippen LogP contribution >= 0.6 is 24.8 Å². The van der Waals surface area contributed by atoms with Crippen molar-refractivity contribution in [3.8, 4) is 0 Å². The standard InChI is InChI=1S/2C14H15.2CH3.2ClH.Ge.Zr/c2*1-10-5-4-6-13(8-10)14-9-11(2)7-12(14)3;;;;;;/h2*4-6,8-9,11H,1-3H3;2*1H3;2*1H;;/q4*-1;;;;. The van der Waals surface area contributed by atoms with Gasteiger partial charge in [0.05, 0.1) is 0 Å². The number of halogens is 2. The summed E-state index contributed by atoms with van der Waals surface area (Å²) < 4.78 is 0. The van der Waals surface area contributed by atoms with Crippen LogP contribution in [0.4, 0.5) is 0 Å². The number of hydrogen-bond donors (Lipinski definition) is 0. The van der Waals surface area contributed by atoms with Gasteiger partial charge in [0.2, 0.25) is 0 Å². The third kappa shape index (κ3) is 11.0. The second kappa shape index (κ2) is 18.6. The van der Waals surface area contributed by atoms with Crippen molar-refractivity contribution in [3.63, 3.8) is 0 Å². The van der Waals surface area contributed by atoms with Gasteiger partial charge in [0.1, 0.15) is 0 Å². The molecule has 0 nitrogen and oxygen atoms in total. The molecule has 0 saturated carbocycles. The van der Waals surface area contributed by atoms with Crippen LogP contribution in [0.5, 0.6) is 0 Å². The minimum atomic E-state index is 0. The predicted octanol–water partition coefficient (Wildman–Crippen LogP) is 8.92. The van der Waals surface area contributed by atoms with Gasteiger partial charge in [-0.3, -0.25) is 12.2 Å². The van der Waals surface area contributed by atoms with Crippen LogP contribution in [-0.2, 0) is 21.6 Å². The van der Waals surface area contributed by atoms with E-state index in [0.717, 1.165) is 0 Å². The number of aryl methyl sites for hydroxylation is 2. The summed E-state index contributed by atoms with van der Waals surface area (Å²) in [4.78, 5) is 0. The average molecular weight is 633 g/mol. The third-order valence-electron chi connectivity index (χ3n) is 5.19. The Bertz CT molecular complexity index is 936. The van der Waals surface area contributed by atoms with Gasteiger partial charge in [-0.1, -0.05) is 99.2 Å². The summed E-state index contributed by atoms with van der Waals surface area (Å²) in [6.45, 7) is 12.9. The number of allylic oxidation sites excluding steroid dienone is 8. The first kappa shape index (κ1) is 37.9. The van der Waals surface area contributed by atoms with Crippen molar-refractivity contribution in [2.75, 3.05) is 0 Å². The Hall–Kier alpha value is -0.594. The van der Waals surface area contributed by atoms with Crippen molar-refractivity contribution in [3.05, 3.63) is 121 Å². The van der Waals surface area contributed by atoms with Crippen molar-refractivity contribution in [2.24, 2.45) is 11.8 Å². The maximum atomic E-state index is 3.41. The van der Waals surface area contributed by atoms with Crippen molar-refractivity contribution < 1.29 is 21.6 Å². The molecule has 2 aliphatic carbocycles. The van der Waals surface area contributed by atoms with E-state index in [-0.39, 0.29) is 39.7 Å². The first-order valence-electron chi connectivity index (χ1n) is 10.4. The predicted molar refractivity (Wildman–Crippen MR) is 155 cm³/mol. The Kier molecular flexibility index (Phi) is 20.8. The van der Waals surface area contributed by atoms with Crippen LogP contribution in [0.2, 0.25) is 0 Å². The van der Waals surface area contributed by atoms with Crippen LogP contribution < -0.4 is 0 Å². The molecule has 0 amide bonds. The summed E-state index contributed by atoms with van der Waals surface area (Å²) in [6.07, 6.45) is 11.4. The molecule has 0 bridgehead atoms. The molecular formula is C30H38Cl2GeZr-4. The van der Waals surface area contributed by atoms with E-state index in [1.165, 1.54) is 44.5 Å². The van der Waals surface area contributed by atoms with E-state index in [0.29, 0.717) is 11.8 Å². The molecule has 2 aliphatic rings. The van der Waals surface area contributed by atoms with Gasteiger partial charge in [0, 0.05) is 0 Å². The van der Waals surface area contributed by atoms with Gasteiger partial charge >= 0.3 is 33.7 Å². The zero-order chi connectivity index (χ0) is 22.3. The molecule has 2 aromatic carbocycles. The molecule has 2 radical (unpaired) electrons. The van der Waals surface area contributed by atoms with E-state index >= 15 is 0 Å². The molecule has 34 heavy (non-hydrogen) atoms. The number of rotatable bonds is 2. The topological polar surface area (TPSA) is 0 Å². The summed E-state index contributed by atoms with van der Waals surface area (Å²) in [5.41, 5.74) is 10.5. The van der Waals surface area contributed by atoms with Crippen molar-refractivity contribution >= 4 is 48.1 Å². The third-order valence-corrected chi connectivity index (χ3v) is 5.19. The number of hydrogen-bond acceptors (Lipinski definition) is 0. The zero-order valence-electron chi connectivity index (χ0n) is 21.7.